The van der Waals surface area contributed by atoms with Crippen molar-refractivity contribution in [2.75, 3.05) is 44.8 Å². The van der Waals surface area contributed by atoms with Crippen molar-refractivity contribution in [3.63, 3.8) is 0 Å². The lowest BCUT2D eigenvalue weighted by molar-refractivity contribution is -0.156. The molecule has 1 aliphatic heterocycles. The first-order chi connectivity index (χ1) is 56.2. The van der Waals surface area contributed by atoms with E-state index in [1.165, 1.54) is 25.1 Å². The van der Waals surface area contributed by atoms with Crippen LogP contribution in [0.25, 0.3) is 10.9 Å². The number of para-hydroxylation sites is 2. The Morgan fingerprint density at radius 3 is 1.87 bits per heavy atom. The van der Waals surface area contributed by atoms with E-state index in [2.05, 4.69) is 70.4 Å². The number of ketones is 4. The van der Waals surface area contributed by atoms with E-state index in [4.69, 9.17) is 19.9 Å². The van der Waals surface area contributed by atoms with Crippen LogP contribution in [0.1, 0.15) is 179 Å². The van der Waals surface area contributed by atoms with Gasteiger partial charge in [0.05, 0.1) is 56.5 Å². The third-order valence-corrected chi connectivity index (χ3v) is 19.4. The number of anilines is 1. The van der Waals surface area contributed by atoms with E-state index in [1.54, 1.807) is 43.5 Å². The Kier molecular flexibility index (Phi) is 43.2. The fourth-order valence-electron chi connectivity index (χ4n) is 12.8. The standard InChI is InChI=1S/C79H111N13O26/c1-7-10-12-13-14-15-16-26-66(101)87-57(29-48-36-82-53-24-19-17-21-50(48)53)77(113)89-56(35-65(80)100)63(98)30-47(32-70(106)107)73(109)92-71-46(6)118-79(115)58(34-61(96)51-22-18-20-25-54(51)81-27-9-3)90-75(111)52(44(4)28-69(104)105)33-64(99)59(39-93)88-68(103)37-83-76(112)60(41-117-43-95)91-72(108)45(5)85-74(110)49(40-116-42-94)31-62(97)55(23-11-8-2)86-67(102)38-84-78(71)114/h17-22,24-25,36,42-47,49,52,55-60,71,81-82,93H,7-16,23,26-35,37-41H2,1-6H3,(H2,80,100)(H,83,112)(H,84,114)(H,85,110)(H,86,102)(H,87,101)(H,88,103)(H,89,113)(H,90,111)(H,91,108)(H,92,109)(H,104,105)(H,106,107)/t44-,45-,46-,47+,49+,52+,55+,56-,57+,58+,59-,60+,71+/m1/s1. The number of esters is 1. The summed E-state index contributed by atoms with van der Waals surface area (Å²) in [7, 11) is 0. The second-order valence-electron chi connectivity index (χ2n) is 28.9. The topological polar surface area (TPSA) is 604 Å². The zero-order valence-electron chi connectivity index (χ0n) is 67.0. The lowest BCUT2D eigenvalue weighted by Gasteiger charge is -2.29. The summed E-state index contributed by atoms with van der Waals surface area (Å²) in [4.78, 5) is 278. The molecular weight excluding hydrogens is 1550 g/mol. The fraction of sp³-hybridized carbons (Fsp3) is 0.570. The number of fused-ring (bicyclic) bond motifs is 1. The van der Waals surface area contributed by atoms with E-state index in [-0.39, 0.29) is 49.9 Å². The number of aliphatic hydroxyl groups is 1. The first-order valence-electron chi connectivity index (χ1n) is 39.3. The Morgan fingerprint density at radius 1 is 0.619 bits per heavy atom. The first kappa shape index (κ1) is 98.3. The molecule has 648 valence electrons. The average Bonchev–Trinajstić information content (AvgIpc) is 1.60. The van der Waals surface area contributed by atoms with Gasteiger partial charge in [0.25, 0.3) is 12.9 Å². The highest BCUT2D eigenvalue weighted by molar-refractivity contribution is 6.05. The molecule has 0 bridgehead atoms. The number of H-pyrrole nitrogens is 1. The van der Waals surface area contributed by atoms with E-state index in [0.717, 1.165) is 46.0 Å². The molecule has 2 heterocycles. The third kappa shape index (κ3) is 34.0. The van der Waals surface area contributed by atoms with Crippen LogP contribution in [0.2, 0.25) is 0 Å². The highest BCUT2D eigenvalue weighted by Crippen LogP contribution is 2.26. The minimum absolute atomic E-state index is 0.0107. The third-order valence-electron chi connectivity index (χ3n) is 19.4. The van der Waals surface area contributed by atoms with Crippen molar-refractivity contribution in [1.82, 2.24) is 58.2 Å². The van der Waals surface area contributed by atoms with Gasteiger partial charge in [-0.25, -0.2) is 4.79 Å². The van der Waals surface area contributed by atoms with Gasteiger partial charge in [-0.1, -0.05) is 109 Å². The number of carboxylic acid groups (broad SMARTS) is 2. The molecule has 17 N–H and O–H groups in total. The van der Waals surface area contributed by atoms with E-state index in [1.807, 2.05) is 6.92 Å². The number of ether oxygens (including phenoxy) is 3. The van der Waals surface area contributed by atoms with Crippen LogP contribution in [0.3, 0.4) is 0 Å². The van der Waals surface area contributed by atoms with Gasteiger partial charge in [0.2, 0.25) is 65.0 Å². The van der Waals surface area contributed by atoms with Gasteiger partial charge in [-0.3, -0.25) is 91.1 Å². The maximum Gasteiger partial charge on any atom is 0.329 e. The molecule has 1 saturated heterocycles. The van der Waals surface area contributed by atoms with E-state index < -0.39 is 262 Å². The average molecular weight is 1660 g/mol. The molecule has 1 aliphatic rings. The molecular formula is C79H111N13O26. The molecule has 1 aromatic heterocycles. The Morgan fingerprint density at radius 2 is 1.23 bits per heavy atom. The molecule has 2 aromatic carbocycles. The number of unbranched alkanes of at least 4 members (excludes halogenated alkanes) is 7. The van der Waals surface area contributed by atoms with Crippen molar-refractivity contribution >= 4 is 136 Å². The largest absolute Gasteiger partial charge is 0.481 e. The Bertz CT molecular complexity index is 4020. The quantitative estimate of drug-likeness (QED) is 0.0114. The van der Waals surface area contributed by atoms with Gasteiger partial charge in [0.1, 0.15) is 55.6 Å². The number of rotatable bonds is 41. The van der Waals surface area contributed by atoms with Gasteiger partial charge in [-0.15, -0.1) is 0 Å². The number of primary amides is 1. The fourth-order valence-corrected chi connectivity index (χ4v) is 12.8. The van der Waals surface area contributed by atoms with E-state index >= 15 is 4.79 Å². The van der Waals surface area contributed by atoms with Crippen LogP contribution in [0, 0.1) is 23.7 Å². The van der Waals surface area contributed by atoms with Crippen LogP contribution < -0.4 is 64.2 Å². The lowest BCUT2D eigenvalue weighted by Crippen LogP contribution is -2.57. The number of hydrogen-bond acceptors (Lipinski definition) is 25. The molecule has 39 nitrogen and oxygen atoms in total. The van der Waals surface area contributed by atoms with Gasteiger partial charge in [0, 0.05) is 85.8 Å². The Hall–Kier alpha value is -12.1. The number of aromatic nitrogens is 1. The normalized spacial score (nSPS) is 21.0. The Labute approximate surface area is 680 Å². The van der Waals surface area contributed by atoms with Crippen LogP contribution >= 0.6 is 0 Å². The number of aliphatic carboxylic acids is 2. The lowest BCUT2D eigenvalue weighted by atomic mass is 9.84. The minimum atomic E-state index is -2.34. The highest BCUT2D eigenvalue weighted by atomic mass is 16.5. The zero-order valence-corrected chi connectivity index (χ0v) is 67.0. The molecule has 0 saturated carbocycles. The second kappa shape index (κ2) is 51.8. The van der Waals surface area contributed by atoms with Crippen molar-refractivity contribution in [2.45, 2.75) is 224 Å². The van der Waals surface area contributed by atoms with Gasteiger partial charge < -0.3 is 98.7 Å². The summed E-state index contributed by atoms with van der Waals surface area (Å²) in [6.45, 7) is 4.03. The zero-order chi connectivity index (χ0) is 87.6. The van der Waals surface area contributed by atoms with Crippen molar-refractivity contribution in [3.05, 3.63) is 65.9 Å². The number of carbonyl (C=O) groups excluding carboxylic acids is 18. The van der Waals surface area contributed by atoms with Crippen molar-refractivity contribution in [1.29, 1.82) is 0 Å². The van der Waals surface area contributed by atoms with Crippen molar-refractivity contribution in [2.24, 2.45) is 29.4 Å². The molecule has 13 atom stereocenters. The minimum Gasteiger partial charge on any atom is -0.481 e. The van der Waals surface area contributed by atoms with Crippen LogP contribution in [0.5, 0.6) is 0 Å². The summed E-state index contributed by atoms with van der Waals surface area (Å²) >= 11 is 0. The molecule has 0 radical (unpaired) electrons. The summed E-state index contributed by atoms with van der Waals surface area (Å²) in [6.07, 6.45) is -0.618. The number of Topliss-reactive ketones (excluding diaryl/α,β-unsaturated/α-hetero) is 4. The number of carboxylic acids is 2. The highest BCUT2D eigenvalue weighted by Gasteiger charge is 2.41. The first-order valence-corrected chi connectivity index (χ1v) is 39.3. The molecule has 11 amide bonds. The molecule has 4 rings (SSSR count). The molecule has 0 unspecified atom stereocenters. The van der Waals surface area contributed by atoms with Crippen LogP contribution in [-0.2, 0) is 112 Å². The number of benzene rings is 2. The maximum atomic E-state index is 15.1. The number of carbonyl (C=O) groups is 20. The molecule has 1 fully saturated rings. The predicted molar refractivity (Wildman–Crippen MR) is 419 cm³/mol. The number of nitrogens with two attached hydrogens (primary N) is 1. The van der Waals surface area contributed by atoms with E-state index in [0.29, 0.717) is 48.7 Å². The van der Waals surface area contributed by atoms with E-state index in [9.17, 15) is 106 Å². The van der Waals surface area contributed by atoms with Gasteiger partial charge in [-0.2, -0.15) is 0 Å². The van der Waals surface area contributed by atoms with Crippen molar-refractivity contribution in [3.8, 4) is 0 Å². The molecule has 0 spiro atoms. The number of nitrogens with one attached hydrogen (secondary N) is 12. The number of aromatic amines is 1. The Balaban J connectivity index is 1.90. The maximum absolute atomic E-state index is 15.1. The number of hydrogen-bond donors (Lipinski definition) is 16. The van der Waals surface area contributed by atoms with Gasteiger partial charge in [-0.05, 0) is 62.8 Å². The van der Waals surface area contributed by atoms with Crippen LogP contribution in [-0.4, -0.2) is 233 Å². The second-order valence-corrected chi connectivity index (χ2v) is 28.9. The molecule has 118 heavy (non-hydrogen) atoms. The summed E-state index contributed by atoms with van der Waals surface area (Å²) in [5.74, 6) is -28.7. The monoisotopic (exact) mass is 1660 g/mol. The van der Waals surface area contributed by atoms with Crippen molar-refractivity contribution < 1.29 is 125 Å². The van der Waals surface area contributed by atoms with Gasteiger partial charge in [0.15, 0.2) is 23.1 Å². The SMILES string of the molecule is CCCCCCCCCC(=O)N[C@@H](Cc1c[nH]c2ccccc12)C(=O)N[C@H](CC(N)=O)C(=O)C[C@@H](CC(=O)O)C(=O)N[C@@H]1C(=O)NCC(=O)N[C@@H](CCCC)C(=O)C[C@@H](COC=O)C(=O)N[C@H](C)C(=O)N[C@@H](COC=O)C(=O)NCC(=O)N[C@H](CO)C(=O)C[C@@H]([C@H](C)CC(=O)O)C(=O)N[C@@H](CC(=O)c2ccccc2NCCC)C(=O)O[C@@H]1C. The molecule has 39 heteroatoms. The number of cyclic esters (lactones) is 1. The summed E-state index contributed by atoms with van der Waals surface area (Å²) < 4.78 is 15.4. The smallest absolute Gasteiger partial charge is 0.329 e. The summed E-state index contributed by atoms with van der Waals surface area (Å²) in [6, 6.07) is -1.84. The van der Waals surface area contributed by atoms with Crippen LogP contribution in [0.15, 0.2) is 54.7 Å². The van der Waals surface area contributed by atoms with Gasteiger partial charge >= 0.3 is 17.9 Å². The predicted octanol–water partition coefficient (Wildman–Crippen LogP) is -0.262. The van der Waals surface area contributed by atoms with Crippen LogP contribution in [0.4, 0.5) is 5.69 Å². The summed E-state index contributed by atoms with van der Waals surface area (Å²) in [5.41, 5.74) is 7.04. The number of aliphatic hydroxyl groups excluding tert-OH is 1. The molecule has 3 aromatic rings. The summed E-state index contributed by atoms with van der Waals surface area (Å²) in [5, 5.41) is 57.8. The number of amides is 11. The molecule has 0 aliphatic carbocycles.